The van der Waals surface area contributed by atoms with E-state index in [-0.39, 0.29) is 4.87 Å². The number of halogens is 1. The minimum atomic E-state index is 0.0846. The zero-order valence-electron chi connectivity index (χ0n) is 7.82. The van der Waals surface area contributed by atoms with E-state index in [1.807, 2.05) is 0 Å². The molecule has 0 aliphatic heterocycles. The lowest BCUT2D eigenvalue weighted by atomic mass is 10.1. The third-order valence-electron chi connectivity index (χ3n) is 2.43. The van der Waals surface area contributed by atoms with Gasteiger partial charge in [-0.25, -0.2) is 0 Å². The zero-order chi connectivity index (χ0) is 8.65. The molecular formula is C9H18ClN. The van der Waals surface area contributed by atoms with Crippen LogP contribution in [0.15, 0.2) is 0 Å². The first-order chi connectivity index (χ1) is 4.93. The van der Waals surface area contributed by atoms with E-state index in [4.69, 9.17) is 11.6 Å². The van der Waals surface area contributed by atoms with E-state index in [2.05, 4.69) is 33.0 Å². The van der Waals surface area contributed by atoms with E-state index in [0.717, 1.165) is 6.42 Å². The first-order valence-corrected chi connectivity index (χ1v) is 4.76. The van der Waals surface area contributed by atoms with Crippen LogP contribution in [0, 0.1) is 5.92 Å². The van der Waals surface area contributed by atoms with Crippen molar-refractivity contribution in [3.63, 3.8) is 0 Å². The molecular weight excluding hydrogens is 158 g/mol. The molecule has 0 amide bonds. The van der Waals surface area contributed by atoms with Crippen molar-refractivity contribution >= 4 is 11.6 Å². The second-order valence-electron chi connectivity index (χ2n) is 4.20. The van der Waals surface area contributed by atoms with Gasteiger partial charge in [-0.05, 0) is 26.2 Å². The molecule has 1 nitrogen and oxygen atoms in total. The fourth-order valence-electron chi connectivity index (χ4n) is 1.71. The van der Waals surface area contributed by atoms with E-state index < -0.39 is 0 Å². The normalized spacial score (nSPS) is 39.3. The Bertz CT molecular complexity index is 142. The summed E-state index contributed by atoms with van der Waals surface area (Å²) in [6.45, 7) is 8.69. The smallest absolute Gasteiger partial charge is 0.0466 e. The predicted octanol–water partition coefficient (Wildman–Crippen LogP) is 2.39. The minimum absolute atomic E-state index is 0.0846. The Morgan fingerprint density at radius 3 is 2.18 bits per heavy atom. The van der Waals surface area contributed by atoms with E-state index in [0.29, 0.717) is 18.0 Å². The van der Waals surface area contributed by atoms with Gasteiger partial charge in [0.15, 0.2) is 0 Å². The summed E-state index contributed by atoms with van der Waals surface area (Å²) < 4.78 is 0. The van der Waals surface area contributed by atoms with E-state index >= 15 is 0 Å². The van der Waals surface area contributed by atoms with Crippen LogP contribution in [0.4, 0.5) is 0 Å². The second-order valence-corrected chi connectivity index (χ2v) is 5.06. The first kappa shape index (κ1) is 9.34. The standard InChI is InChI=1S/C9H18ClN/c1-6(2)11-7(3)8-5-9(8,4)10/h6-8,11H,5H2,1-4H3/t7-,8-,9?/m1/s1. The molecule has 0 aromatic rings. The second kappa shape index (κ2) is 2.95. The Kier molecular flexibility index (Phi) is 2.50. The topological polar surface area (TPSA) is 12.0 Å². The van der Waals surface area contributed by atoms with E-state index in [1.165, 1.54) is 0 Å². The molecule has 0 radical (unpaired) electrons. The number of alkyl halides is 1. The Hall–Kier alpha value is 0.250. The molecule has 1 rings (SSSR count). The van der Waals surface area contributed by atoms with Gasteiger partial charge in [0.25, 0.3) is 0 Å². The highest BCUT2D eigenvalue weighted by Gasteiger charge is 2.51. The summed E-state index contributed by atoms with van der Waals surface area (Å²) in [5.41, 5.74) is 0. The molecule has 0 spiro atoms. The van der Waals surface area contributed by atoms with Crippen LogP contribution in [0.5, 0.6) is 0 Å². The van der Waals surface area contributed by atoms with Crippen molar-refractivity contribution in [1.29, 1.82) is 0 Å². The summed E-state index contributed by atoms with van der Waals surface area (Å²) in [5, 5.41) is 3.48. The van der Waals surface area contributed by atoms with Crippen LogP contribution >= 0.6 is 11.6 Å². The quantitative estimate of drug-likeness (QED) is 0.650. The molecule has 1 unspecified atom stereocenters. The molecule has 0 saturated heterocycles. The molecule has 1 aliphatic carbocycles. The van der Waals surface area contributed by atoms with Crippen LogP contribution in [0.3, 0.4) is 0 Å². The number of hydrogen-bond donors (Lipinski definition) is 1. The van der Waals surface area contributed by atoms with Crippen LogP contribution in [0.25, 0.3) is 0 Å². The average molecular weight is 176 g/mol. The van der Waals surface area contributed by atoms with E-state index in [9.17, 15) is 0 Å². The highest BCUT2D eigenvalue weighted by Crippen LogP contribution is 2.50. The molecule has 0 bridgehead atoms. The molecule has 1 fully saturated rings. The van der Waals surface area contributed by atoms with Crippen LogP contribution in [0.2, 0.25) is 0 Å². The minimum Gasteiger partial charge on any atom is -0.312 e. The van der Waals surface area contributed by atoms with Crippen molar-refractivity contribution in [3.8, 4) is 0 Å². The Balaban J connectivity index is 2.28. The zero-order valence-corrected chi connectivity index (χ0v) is 8.57. The fraction of sp³-hybridized carbons (Fsp3) is 1.00. The maximum absolute atomic E-state index is 6.15. The van der Waals surface area contributed by atoms with Gasteiger partial charge < -0.3 is 5.32 Å². The fourth-order valence-corrected chi connectivity index (χ4v) is 2.07. The summed E-state index contributed by atoms with van der Waals surface area (Å²) in [5.74, 6) is 0.673. The van der Waals surface area contributed by atoms with Crippen LogP contribution in [-0.2, 0) is 0 Å². The first-order valence-electron chi connectivity index (χ1n) is 4.38. The van der Waals surface area contributed by atoms with Gasteiger partial charge in [-0.2, -0.15) is 0 Å². The van der Waals surface area contributed by atoms with Crippen LogP contribution in [0.1, 0.15) is 34.1 Å². The van der Waals surface area contributed by atoms with Gasteiger partial charge in [0.1, 0.15) is 0 Å². The lowest BCUT2D eigenvalue weighted by molar-refractivity contribution is 0.441. The largest absolute Gasteiger partial charge is 0.312 e. The SMILES string of the molecule is CC(C)N[C@H](C)[C@H]1CC1(C)Cl. The predicted molar refractivity (Wildman–Crippen MR) is 50.1 cm³/mol. The Morgan fingerprint density at radius 2 is 1.91 bits per heavy atom. The molecule has 1 aliphatic rings. The van der Waals surface area contributed by atoms with Crippen molar-refractivity contribution in [2.45, 2.75) is 51.1 Å². The van der Waals surface area contributed by atoms with Gasteiger partial charge in [0, 0.05) is 17.0 Å². The highest BCUT2D eigenvalue weighted by atomic mass is 35.5. The van der Waals surface area contributed by atoms with Crippen molar-refractivity contribution < 1.29 is 0 Å². The molecule has 0 aromatic heterocycles. The van der Waals surface area contributed by atoms with Crippen molar-refractivity contribution in [1.82, 2.24) is 5.32 Å². The summed E-state index contributed by atoms with van der Waals surface area (Å²) in [4.78, 5) is 0.0846. The Labute approximate surface area is 74.5 Å². The molecule has 3 atom stereocenters. The highest BCUT2D eigenvalue weighted by molar-refractivity contribution is 6.26. The number of rotatable bonds is 3. The van der Waals surface area contributed by atoms with Gasteiger partial charge in [0.05, 0.1) is 0 Å². The lowest BCUT2D eigenvalue weighted by Crippen LogP contribution is -2.35. The maximum atomic E-state index is 6.15. The van der Waals surface area contributed by atoms with Gasteiger partial charge >= 0.3 is 0 Å². The van der Waals surface area contributed by atoms with Crippen LogP contribution in [-0.4, -0.2) is 17.0 Å². The summed E-state index contributed by atoms with van der Waals surface area (Å²) in [7, 11) is 0. The van der Waals surface area contributed by atoms with Gasteiger partial charge in [-0.1, -0.05) is 13.8 Å². The van der Waals surface area contributed by atoms with Gasteiger partial charge in [-0.3, -0.25) is 0 Å². The number of hydrogen-bond acceptors (Lipinski definition) is 1. The molecule has 1 saturated carbocycles. The van der Waals surface area contributed by atoms with Crippen LogP contribution < -0.4 is 5.32 Å². The lowest BCUT2D eigenvalue weighted by Gasteiger charge is -2.17. The summed E-state index contributed by atoms with van der Waals surface area (Å²) in [6.07, 6.45) is 1.16. The molecule has 2 heteroatoms. The maximum Gasteiger partial charge on any atom is 0.0466 e. The summed E-state index contributed by atoms with van der Waals surface area (Å²) in [6, 6.07) is 1.13. The van der Waals surface area contributed by atoms with Crippen molar-refractivity contribution in [2.75, 3.05) is 0 Å². The molecule has 0 aromatic carbocycles. The number of nitrogens with one attached hydrogen (secondary N) is 1. The Morgan fingerprint density at radius 1 is 1.45 bits per heavy atom. The van der Waals surface area contributed by atoms with Crippen molar-refractivity contribution in [2.24, 2.45) is 5.92 Å². The van der Waals surface area contributed by atoms with Gasteiger partial charge in [-0.15, -0.1) is 11.6 Å². The van der Waals surface area contributed by atoms with E-state index in [1.54, 1.807) is 0 Å². The third-order valence-corrected chi connectivity index (χ3v) is 2.87. The summed E-state index contributed by atoms with van der Waals surface area (Å²) >= 11 is 6.15. The molecule has 1 N–H and O–H groups in total. The average Bonchev–Trinajstić information content (AvgIpc) is 2.38. The molecule has 66 valence electrons. The van der Waals surface area contributed by atoms with Gasteiger partial charge in [0.2, 0.25) is 0 Å². The molecule has 0 heterocycles. The monoisotopic (exact) mass is 175 g/mol. The third kappa shape index (κ3) is 2.34. The molecule has 11 heavy (non-hydrogen) atoms. The van der Waals surface area contributed by atoms with Crippen molar-refractivity contribution in [3.05, 3.63) is 0 Å².